The summed E-state index contributed by atoms with van der Waals surface area (Å²) in [5, 5.41) is 8.63. The van der Waals surface area contributed by atoms with Crippen LogP contribution in [-0.4, -0.2) is 11.1 Å². The van der Waals surface area contributed by atoms with E-state index in [0.717, 1.165) is 0 Å². The first kappa shape index (κ1) is 14.5. The number of rotatable bonds is 2. The fraction of sp³-hybridized carbons (Fsp3) is 0.0625. The minimum atomic E-state index is -0.388. The number of para-hydroxylation sites is 2. The van der Waals surface area contributed by atoms with E-state index in [2.05, 4.69) is 6.58 Å². The van der Waals surface area contributed by atoms with Crippen molar-refractivity contribution in [2.45, 2.75) is 6.92 Å². The molecule has 2 aromatic rings. The van der Waals surface area contributed by atoms with E-state index >= 15 is 0 Å². The summed E-state index contributed by atoms with van der Waals surface area (Å²) in [6, 6.07) is 17.6. The molecule has 19 heavy (non-hydrogen) atoms. The van der Waals surface area contributed by atoms with Gasteiger partial charge in [-0.15, -0.1) is 0 Å². The number of hydrogen-bond donors (Lipinski definition) is 1. The number of hydrogen-bond acceptors (Lipinski definition) is 3. The van der Waals surface area contributed by atoms with E-state index in [4.69, 9.17) is 9.84 Å². The topological polar surface area (TPSA) is 46.5 Å². The van der Waals surface area contributed by atoms with Crippen LogP contribution >= 0.6 is 0 Å². The molecule has 0 aliphatic carbocycles. The summed E-state index contributed by atoms with van der Waals surface area (Å²) in [5.41, 5.74) is 0.402. The molecule has 98 valence electrons. The molecule has 3 heteroatoms. The summed E-state index contributed by atoms with van der Waals surface area (Å²) in [7, 11) is 0. The molecular weight excluding hydrogens is 240 g/mol. The molecule has 0 spiro atoms. The zero-order valence-electron chi connectivity index (χ0n) is 10.7. The van der Waals surface area contributed by atoms with Crippen LogP contribution in [0.15, 0.2) is 72.8 Å². The Hall–Kier alpha value is -2.55. The number of ether oxygens (including phenoxy) is 1. The molecule has 2 rings (SSSR count). The summed E-state index contributed by atoms with van der Waals surface area (Å²) >= 11 is 0. The van der Waals surface area contributed by atoms with Gasteiger partial charge in [-0.05, 0) is 31.2 Å². The van der Waals surface area contributed by atoms with Gasteiger partial charge in [0.1, 0.15) is 11.5 Å². The highest BCUT2D eigenvalue weighted by Gasteiger charge is 2.03. The lowest BCUT2D eigenvalue weighted by atomic mass is 10.3. The zero-order valence-corrected chi connectivity index (χ0v) is 10.7. The second kappa shape index (κ2) is 7.71. The monoisotopic (exact) mass is 256 g/mol. The second-order valence-corrected chi connectivity index (χ2v) is 3.82. The average Bonchev–Trinajstić information content (AvgIpc) is 2.41. The standard InChI is InChI=1S/C10H10O2.C6H6O/c1-8(2)10(11)12-9-6-4-3-5-7-9;7-6-4-2-1-3-5-6/h3-7H,1H2,2H3;1-5,7H. The second-order valence-electron chi connectivity index (χ2n) is 3.82. The van der Waals surface area contributed by atoms with Crippen molar-refractivity contribution in [2.24, 2.45) is 0 Å². The van der Waals surface area contributed by atoms with Crippen molar-refractivity contribution in [1.82, 2.24) is 0 Å². The first-order valence-corrected chi connectivity index (χ1v) is 5.76. The number of aromatic hydroxyl groups is 1. The summed E-state index contributed by atoms with van der Waals surface area (Å²) in [5.74, 6) is 0.481. The highest BCUT2D eigenvalue weighted by atomic mass is 16.5. The van der Waals surface area contributed by atoms with Gasteiger partial charge in [0.2, 0.25) is 0 Å². The fourth-order valence-corrected chi connectivity index (χ4v) is 1.11. The normalized spacial score (nSPS) is 8.89. The maximum Gasteiger partial charge on any atom is 0.338 e. The Morgan fingerprint density at radius 1 is 1.00 bits per heavy atom. The number of benzene rings is 2. The molecule has 0 bridgehead atoms. The summed E-state index contributed by atoms with van der Waals surface area (Å²) in [4.78, 5) is 11.0. The average molecular weight is 256 g/mol. The Kier molecular flexibility index (Phi) is 5.89. The van der Waals surface area contributed by atoms with Crippen LogP contribution in [0.3, 0.4) is 0 Å². The van der Waals surface area contributed by atoms with Crippen molar-refractivity contribution in [2.75, 3.05) is 0 Å². The van der Waals surface area contributed by atoms with Gasteiger partial charge in [0.25, 0.3) is 0 Å². The lowest BCUT2D eigenvalue weighted by Crippen LogP contribution is -2.07. The van der Waals surface area contributed by atoms with E-state index in [-0.39, 0.29) is 5.97 Å². The summed E-state index contributed by atoms with van der Waals surface area (Å²) in [6.45, 7) is 5.09. The SMILES string of the molecule is C=C(C)C(=O)Oc1ccccc1.Oc1ccccc1. The number of carbonyl (C=O) groups is 1. The molecular formula is C16H16O3. The lowest BCUT2D eigenvalue weighted by Gasteiger charge is -2.01. The van der Waals surface area contributed by atoms with Crippen LogP contribution in [0.1, 0.15) is 6.92 Å². The van der Waals surface area contributed by atoms with Crippen LogP contribution < -0.4 is 4.74 Å². The summed E-state index contributed by atoms with van der Waals surface area (Å²) < 4.78 is 4.94. The van der Waals surface area contributed by atoms with Crippen molar-refractivity contribution >= 4 is 5.97 Å². The largest absolute Gasteiger partial charge is 0.508 e. The molecule has 2 aromatic carbocycles. The van der Waals surface area contributed by atoms with E-state index in [0.29, 0.717) is 17.1 Å². The quantitative estimate of drug-likeness (QED) is 0.507. The first-order valence-electron chi connectivity index (χ1n) is 5.76. The smallest absolute Gasteiger partial charge is 0.338 e. The van der Waals surface area contributed by atoms with Gasteiger partial charge in [-0.3, -0.25) is 0 Å². The van der Waals surface area contributed by atoms with Gasteiger partial charge in [-0.1, -0.05) is 43.0 Å². The van der Waals surface area contributed by atoms with Gasteiger partial charge in [0.05, 0.1) is 0 Å². The maximum absolute atomic E-state index is 11.0. The van der Waals surface area contributed by atoms with Crippen LogP contribution in [0.2, 0.25) is 0 Å². The Balaban J connectivity index is 0.000000218. The Morgan fingerprint density at radius 2 is 1.47 bits per heavy atom. The van der Waals surface area contributed by atoms with E-state index in [1.165, 1.54) is 0 Å². The minimum absolute atomic E-state index is 0.322. The van der Waals surface area contributed by atoms with Crippen molar-refractivity contribution in [3.63, 3.8) is 0 Å². The molecule has 0 heterocycles. The van der Waals surface area contributed by atoms with Crippen LogP contribution in [0.25, 0.3) is 0 Å². The van der Waals surface area contributed by atoms with Crippen LogP contribution in [0.4, 0.5) is 0 Å². The number of esters is 1. The lowest BCUT2D eigenvalue weighted by molar-refractivity contribution is -0.130. The van der Waals surface area contributed by atoms with Gasteiger partial charge in [0.15, 0.2) is 0 Å². The third-order valence-corrected chi connectivity index (χ3v) is 2.06. The minimum Gasteiger partial charge on any atom is -0.508 e. The molecule has 0 saturated carbocycles. The molecule has 0 amide bonds. The summed E-state index contributed by atoms with van der Waals surface area (Å²) in [6.07, 6.45) is 0. The molecule has 0 atom stereocenters. The third-order valence-electron chi connectivity index (χ3n) is 2.06. The van der Waals surface area contributed by atoms with E-state index in [9.17, 15) is 4.79 Å². The Morgan fingerprint density at radius 3 is 1.84 bits per heavy atom. The highest BCUT2D eigenvalue weighted by molar-refractivity contribution is 5.88. The number of phenols is 1. The molecule has 1 N–H and O–H groups in total. The van der Waals surface area contributed by atoms with Crippen molar-refractivity contribution < 1.29 is 14.6 Å². The molecule has 0 aliphatic heterocycles. The van der Waals surface area contributed by atoms with Gasteiger partial charge in [0, 0.05) is 5.57 Å². The highest BCUT2D eigenvalue weighted by Crippen LogP contribution is 2.09. The van der Waals surface area contributed by atoms with Gasteiger partial charge < -0.3 is 9.84 Å². The predicted molar refractivity (Wildman–Crippen MR) is 75.0 cm³/mol. The molecule has 0 saturated heterocycles. The Bertz CT molecular complexity index is 518. The van der Waals surface area contributed by atoms with Crippen molar-refractivity contribution in [3.8, 4) is 11.5 Å². The van der Waals surface area contributed by atoms with Crippen LogP contribution in [0.5, 0.6) is 11.5 Å². The van der Waals surface area contributed by atoms with Gasteiger partial charge in [-0.2, -0.15) is 0 Å². The van der Waals surface area contributed by atoms with E-state index in [1.54, 1.807) is 55.5 Å². The van der Waals surface area contributed by atoms with Gasteiger partial charge in [-0.25, -0.2) is 4.79 Å². The number of phenolic OH excluding ortho intramolecular Hbond substituents is 1. The first-order chi connectivity index (χ1) is 9.09. The van der Waals surface area contributed by atoms with Crippen LogP contribution in [0, 0.1) is 0 Å². The van der Waals surface area contributed by atoms with Crippen molar-refractivity contribution in [3.05, 3.63) is 72.8 Å². The molecule has 0 aliphatic rings. The predicted octanol–water partition coefficient (Wildman–Crippen LogP) is 3.56. The molecule has 0 radical (unpaired) electrons. The van der Waals surface area contributed by atoms with Gasteiger partial charge >= 0.3 is 5.97 Å². The molecule has 0 fully saturated rings. The molecule has 0 aromatic heterocycles. The molecule has 3 nitrogen and oxygen atoms in total. The molecule has 0 unspecified atom stereocenters. The van der Waals surface area contributed by atoms with E-state index < -0.39 is 0 Å². The van der Waals surface area contributed by atoms with E-state index in [1.807, 2.05) is 12.1 Å². The van der Waals surface area contributed by atoms with Crippen molar-refractivity contribution in [1.29, 1.82) is 0 Å². The van der Waals surface area contributed by atoms with Crippen LogP contribution in [-0.2, 0) is 4.79 Å². The number of carbonyl (C=O) groups excluding carboxylic acids is 1. The Labute approximate surface area is 112 Å². The maximum atomic E-state index is 11.0. The fourth-order valence-electron chi connectivity index (χ4n) is 1.11. The third kappa shape index (κ3) is 6.07. The zero-order chi connectivity index (χ0) is 14.1.